The van der Waals surface area contributed by atoms with E-state index in [9.17, 15) is 13.6 Å². The van der Waals surface area contributed by atoms with Gasteiger partial charge >= 0.3 is 0 Å². The first-order chi connectivity index (χ1) is 16.4. The number of anilines is 2. The van der Waals surface area contributed by atoms with Gasteiger partial charge in [0.05, 0.1) is 40.3 Å². The molecule has 4 rings (SSSR count). The fraction of sp³-hybridized carbons (Fsp3) is 0.125. The molecule has 1 amide bonds. The van der Waals surface area contributed by atoms with E-state index in [2.05, 4.69) is 36.7 Å². The van der Waals surface area contributed by atoms with Crippen LogP contribution in [0.4, 0.5) is 11.5 Å². The topological polar surface area (TPSA) is 98.2 Å². The van der Waals surface area contributed by atoms with Crippen LogP contribution in [-0.2, 0) is 17.7 Å². The smallest absolute Gasteiger partial charge is 0.253 e. The van der Waals surface area contributed by atoms with Gasteiger partial charge in [-0.05, 0) is 58.8 Å². The summed E-state index contributed by atoms with van der Waals surface area (Å²) in [7, 11) is 0. The van der Waals surface area contributed by atoms with Crippen molar-refractivity contribution in [3.63, 3.8) is 0 Å². The highest BCUT2D eigenvalue weighted by Crippen LogP contribution is 2.34. The van der Waals surface area contributed by atoms with E-state index in [1.54, 1.807) is 18.2 Å². The van der Waals surface area contributed by atoms with E-state index in [-0.39, 0.29) is 29.0 Å². The van der Waals surface area contributed by atoms with Gasteiger partial charge < -0.3 is 9.87 Å². The Hall–Kier alpha value is -2.67. The summed E-state index contributed by atoms with van der Waals surface area (Å²) < 4.78 is 35.4. The molecule has 3 aromatic carbocycles. The average molecular weight is 603 g/mol. The summed E-state index contributed by atoms with van der Waals surface area (Å²) in [5.74, 6) is -0.194. The standard InChI is InChI=1S/C24H21IN4O3S2/c1-16(18-10-6-3-7-11-18)26-24(30)20-13-12-19(25)15-22(20)29(34(31)32)23-21(27-33-28-23)14-17-8-4-2-5-9-17/h2-13,15-16H,14H2,1H3,(H,26,30)(H,31,32)/p-1. The van der Waals surface area contributed by atoms with E-state index in [1.807, 2.05) is 67.6 Å². The molecule has 34 heavy (non-hydrogen) atoms. The Balaban J connectivity index is 1.70. The molecule has 0 aliphatic rings. The molecule has 0 saturated carbocycles. The predicted octanol–water partition coefficient (Wildman–Crippen LogP) is 5.16. The lowest BCUT2D eigenvalue weighted by Crippen LogP contribution is -2.30. The molecule has 2 atom stereocenters. The van der Waals surface area contributed by atoms with E-state index in [1.165, 1.54) is 0 Å². The minimum Gasteiger partial charge on any atom is -0.755 e. The molecule has 2 unspecified atom stereocenters. The van der Waals surface area contributed by atoms with Gasteiger partial charge in [0.1, 0.15) is 5.69 Å². The number of hydrogen-bond acceptors (Lipinski definition) is 6. The van der Waals surface area contributed by atoms with Gasteiger partial charge in [-0.1, -0.05) is 60.7 Å². The highest BCUT2D eigenvalue weighted by Gasteiger charge is 2.25. The second-order valence-corrected chi connectivity index (χ2v) is 10.0. The van der Waals surface area contributed by atoms with Crippen LogP contribution in [-0.4, -0.2) is 23.4 Å². The second kappa shape index (κ2) is 11.2. The lowest BCUT2D eigenvalue weighted by atomic mass is 10.1. The summed E-state index contributed by atoms with van der Waals surface area (Å²) >= 11 is 0.293. The molecule has 4 aromatic rings. The van der Waals surface area contributed by atoms with Crippen molar-refractivity contribution in [3.05, 3.63) is 105 Å². The molecule has 0 saturated heterocycles. The third kappa shape index (κ3) is 5.69. The van der Waals surface area contributed by atoms with Crippen LogP contribution >= 0.6 is 34.3 Å². The van der Waals surface area contributed by atoms with E-state index in [0.29, 0.717) is 12.1 Å². The first-order valence-electron chi connectivity index (χ1n) is 10.3. The second-order valence-electron chi connectivity index (χ2n) is 7.48. The van der Waals surface area contributed by atoms with Crippen molar-refractivity contribution < 1.29 is 13.6 Å². The maximum absolute atomic E-state index is 13.3. The molecule has 7 nitrogen and oxygen atoms in total. The fourth-order valence-electron chi connectivity index (χ4n) is 3.49. The van der Waals surface area contributed by atoms with Crippen molar-refractivity contribution in [2.75, 3.05) is 4.31 Å². The number of benzene rings is 3. The number of hydrogen-bond donors (Lipinski definition) is 1. The molecule has 0 radical (unpaired) electrons. The molecule has 0 aliphatic heterocycles. The fourth-order valence-corrected chi connectivity index (χ4v) is 5.16. The summed E-state index contributed by atoms with van der Waals surface area (Å²) in [5.41, 5.74) is 2.89. The Kier molecular flexibility index (Phi) is 8.03. The van der Waals surface area contributed by atoms with Crippen LogP contribution in [0.1, 0.15) is 40.1 Å². The quantitative estimate of drug-likeness (QED) is 0.222. The number of carbonyl (C=O) groups excluding carboxylic acids is 1. The van der Waals surface area contributed by atoms with E-state index >= 15 is 0 Å². The number of rotatable bonds is 8. The van der Waals surface area contributed by atoms with Crippen LogP contribution in [0.3, 0.4) is 0 Å². The summed E-state index contributed by atoms with van der Waals surface area (Å²) in [4.78, 5) is 13.3. The van der Waals surface area contributed by atoms with Crippen molar-refractivity contribution in [1.82, 2.24) is 14.1 Å². The van der Waals surface area contributed by atoms with Crippen LogP contribution in [0.2, 0.25) is 0 Å². The van der Waals surface area contributed by atoms with Gasteiger partial charge in [-0.25, -0.2) is 0 Å². The Morgan fingerprint density at radius 1 is 1.09 bits per heavy atom. The van der Waals surface area contributed by atoms with Crippen LogP contribution < -0.4 is 9.62 Å². The van der Waals surface area contributed by atoms with Crippen molar-refractivity contribution >= 4 is 63.0 Å². The molecular weight excluding hydrogens is 583 g/mol. The van der Waals surface area contributed by atoms with Crippen LogP contribution in [0, 0.1) is 3.57 Å². The predicted molar refractivity (Wildman–Crippen MR) is 142 cm³/mol. The zero-order valence-electron chi connectivity index (χ0n) is 18.1. The number of carbonyl (C=O) groups is 1. The first kappa shape index (κ1) is 24.5. The summed E-state index contributed by atoms with van der Waals surface area (Å²) in [6.07, 6.45) is 0.414. The molecule has 1 aromatic heterocycles. The van der Waals surface area contributed by atoms with Crippen molar-refractivity contribution in [2.45, 2.75) is 19.4 Å². The Bertz CT molecular complexity index is 1300. The van der Waals surface area contributed by atoms with E-state index in [0.717, 1.165) is 30.7 Å². The highest BCUT2D eigenvalue weighted by atomic mass is 127. The lowest BCUT2D eigenvalue weighted by molar-refractivity contribution is 0.0940. The van der Waals surface area contributed by atoms with Crippen molar-refractivity contribution in [2.24, 2.45) is 0 Å². The number of amides is 1. The SMILES string of the molecule is CC(NC(=O)c1ccc(I)cc1N(c1nsnc1Cc1ccccc1)S(=O)[O-])c1ccccc1. The maximum atomic E-state index is 13.3. The van der Waals surface area contributed by atoms with Gasteiger partial charge in [0.2, 0.25) is 0 Å². The molecule has 10 heteroatoms. The van der Waals surface area contributed by atoms with Gasteiger partial charge in [0.25, 0.3) is 5.91 Å². The third-order valence-electron chi connectivity index (χ3n) is 5.16. The van der Waals surface area contributed by atoms with Crippen LogP contribution in [0.15, 0.2) is 78.9 Å². The zero-order chi connectivity index (χ0) is 24.1. The summed E-state index contributed by atoms with van der Waals surface area (Å²) in [6, 6.07) is 24.0. The van der Waals surface area contributed by atoms with E-state index < -0.39 is 11.3 Å². The molecule has 0 spiro atoms. The highest BCUT2D eigenvalue weighted by molar-refractivity contribution is 14.1. The van der Waals surface area contributed by atoms with Gasteiger partial charge in [-0.2, -0.15) is 8.75 Å². The number of nitrogens with zero attached hydrogens (tertiary/aromatic N) is 3. The Labute approximate surface area is 218 Å². The van der Waals surface area contributed by atoms with Crippen LogP contribution in [0.25, 0.3) is 0 Å². The molecule has 0 bridgehead atoms. The molecule has 0 aliphatic carbocycles. The van der Waals surface area contributed by atoms with Gasteiger partial charge in [-0.15, -0.1) is 0 Å². The third-order valence-corrected chi connectivity index (χ3v) is 7.06. The minimum atomic E-state index is -2.73. The number of aromatic nitrogens is 2. The zero-order valence-corrected chi connectivity index (χ0v) is 21.8. The summed E-state index contributed by atoms with van der Waals surface area (Å²) in [6.45, 7) is 1.88. The van der Waals surface area contributed by atoms with Crippen LogP contribution in [0.5, 0.6) is 0 Å². The largest absolute Gasteiger partial charge is 0.755 e. The normalized spacial score (nSPS) is 12.7. The molecule has 174 valence electrons. The molecular formula is C24H20IN4O3S2-. The average Bonchev–Trinajstić information content (AvgIpc) is 3.27. The molecule has 1 heterocycles. The Morgan fingerprint density at radius 3 is 2.44 bits per heavy atom. The number of nitrogens with one attached hydrogen (secondary N) is 1. The van der Waals surface area contributed by atoms with E-state index in [4.69, 9.17) is 0 Å². The maximum Gasteiger partial charge on any atom is 0.253 e. The molecule has 1 N–H and O–H groups in total. The van der Waals surface area contributed by atoms with Gasteiger partial charge in [0, 0.05) is 9.99 Å². The minimum absolute atomic E-state index is 0.189. The number of halogens is 1. The molecule has 0 fully saturated rings. The van der Waals surface area contributed by atoms with Crippen molar-refractivity contribution in [1.29, 1.82) is 0 Å². The van der Waals surface area contributed by atoms with Gasteiger partial charge in [0.15, 0.2) is 5.82 Å². The van der Waals surface area contributed by atoms with Gasteiger partial charge in [-0.3, -0.25) is 13.3 Å². The Morgan fingerprint density at radius 2 is 1.76 bits per heavy atom. The monoisotopic (exact) mass is 603 g/mol. The lowest BCUT2D eigenvalue weighted by Gasteiger charge is -2.27. The summed E-state index contributed by atoms with van der Waals surface area (Å²) in [5, 5.41) is 2.96. The van der Waals surface area contributed by atoms with Crippen molar-refractivity contribution in [3.8, 4) is 0 Å². The first-order valence-corrected chi connectivity index (χ1v) is 13.2.